The lowest BCUT2D eigenvalue weighted by Crippen LogP contribution is -1.89. The van der Waals surface area contributed by atoms with Gasteiger partial charge in [-0.25, -0.2) is 0 Å². The molecule has 0 bridgehead atoms. The van der Waals surface area contributed by atoms with Gasteiger partial charge in [-0.2, -0.15) is 0 Å². The summed E-state index contributed by atoms with van der Waals surface area (Å²) in [5.74, 6) is 0. The van der Waals surface area contributed by atoms with Crippen molar-refractivity contribution in [1.82, 2.24) is 0 Å². The van der Waals surface area contributed by atoms with E-state index in [0.29, 0.717) is 0 Å². The molecule has 0 aliphatic carbocycles. The zero-order valence-electron chi connectivity index (χ0n) is 15.8. The van der Waals surface area contributed by atoms with E-state index in [9.17, 15) is 0 Å². The van der Waals surface area contributed by atoms with Crippen molar-refractivity contribution in [3.05, 3.63) is 71.3 Å². The van der Waals surface area contributed by atoms with Crippen LogP contribution in [0.5, 0.6) is 0 Å². The molecule has 0 radical (unpaired) electrons. The van der Waals surface area contributed by atoms with E-state index in [1.807, 2.05) is 41.5 Å². The molecule has 0 amide bonds. The SMILES string of the molecule is CC.CC.CC.Cc1ccc(CCCc2ccccc2)cc1. The molecule has 0 N–H and O–H groups in total. The van der Waals surface area contributed by atoms with Gasteiger partial charge in [-0.15, -0.1) is 0 Å². The second kappa shape index (κ2) is 17.5. The molecule has 0 saturated heterocycles. The van der Waals surface area contributed by atoms with Gasteiger partial charge >= 0.3 is 0 Å². The summed E-state index contributed by atoms with van der Waals surface area (Å²) in [6.07, 6.45) is 3.58. The second-order valence-electron chi connectivity index (χ2n) is 4.32. The molecule has 2 aromatic carbocycles. The summed E-state index contributed by atoms with van der Waals surface area (Å²) >= 11 is 0. The van der Waals surface area contributed by atoms with Gasteiger partial charge in [0.05, 0.1) is 0 Å². The Morgan fingerprint density at radius 3 is 1.41 bits per heavy atom. The van der Waals surface area contributed by atoms with Crippen LogP contribution in [0.1, 0.15) is 64.7 Å². The largest absolute Gasteiger partial charge is 0.0683 e. The summed E-state index contributed by atoms with van der Waals surface area (Å²) in [5.41, 5.74) is 4.22. The van der Waals surface area contributed by atoms with Crippen LogP contribution in [0.15, 0.2) is 54.6 Å². The Kier molecular flexibility index (Phi) is 18.1. The van der Waals surface area contributed by atoms with E-state index >= 15 is 0 Å². The summed E-state index contributed by atoms with van der Waals surface area (Å²) in [7, 11) is 0. The van der Waals surface area contributed by atoms with Gasteiger partial charge in [0.25, 0.3) is 0 Å². The lowest BCUT2D eigenvalue weighted by Gasteiger charge is -2.02. The first-order valence-corrected chi connectivity index (χ1v) is 8.94. The maximum absolute atomic E-state index is 2.24. The van der Waals surface area contributed by atoms with E-state index in [-0.39, 0.29) is 0 Å². The van der Waals surface area contributed by atoms with Crippen molar-refractivity contribution in [2.24, 2.45) is 0 Å². The zero-order valence-corrected chi connectivity index (χ0v) is 15.8. The van der Waals surface area contributed by atoms with Crippen molar-refractivity contribution in [3.63, 3.8) is 0 Å². The van der Waals surface area contributed by atoms with Gasteiger partial charge in [0.15, 0.2) is 0 Å². The Morgan fingerprint density at radius 1 is 0.545 bits per heavy atom. The molecule has 2 rings (SSSR count). The molecule has 124 valence electrons. The van der Waals surface area contributed by atoms with Gasteiger partial charge in [-0.1, -0.05) is 102 Å². The number of hydrogen-bond donors (Lipinski definition) is 0. The first-order chi connectivity index (χ1) is 10.8. The fourth-order valence-electron chi connectivity index (χ4n) is 1.90. The van der Waals surface area contributed by atoms with Gasteiger partial charge in [0, 0.05) is 0 Å². The third kappa shape index (κ3) is 11.1. The molecule has 0 fully saturated rings. The molecule has 0 heterocycles. The summed E-state index contributed by atoms with van der Waals surface area (Å²) in [6.45, 7) is 14.1. The lowest BCUT2D eigenvalue weighted by molar-refractivity contribution is 0.820. The first-order valence-electron chi connectivity index (χ1n) is 8.94. The minimum atomic E-state index is 1.18. The van der Waals surface area contributed by atoms with Crippen molar-refractivity contribution in [2.45, 2.75) is 67.7 Å². The smallest absolute Gasteiger partial charge is 0.0276 e. The summed E-state index contributed by atoms with van der Waals surface area (Å²) in [5, 5.41) is 0. The van der Waals surface area contributed by atoms with E-state index in [2.05, 4.69) is 61.5 Å². The van der Waals surface area contributed by atoms with Crippen LogP contribution >= 0.6 is 0 Å². The lowest BCUT2D eigenvalue weighted by atomic mass is 10.0. The average Bonchev–Trinajstić information content (AvgIpc) is 2.63. The maximum Gasteiger partial charge on any atom is -0.0276 e. The zero-order chi connectivity index (χ0) is 17.2. The van der Waals surface area contributed by atoms with Crippen LogP contribution in [0, 0.1) is 6.92 Å². The fourth-order valence-corrected chi connectivity index (χ4v) is 1.90. The van der Waals surface area contributed by atoms with Gasteiger partial charge in [-0.3, -0.25) is 0 Å². The number of aryl methyl sites for hydroxylation is 3. The van der Waals surface area contributed by atoms with Crippen LogP contribution in [0.25, 0.3) is 0 Å². The van der Waals surface area contributed by atoms with Gasteiger partial charge in [-0.05, 0) is 37.3 Å². The van der Waals surface area contributed by atoms with Gasteiger partial charge < -0.3 is 0 Å². The third-order valence-corrected chi connectivity index (χ3v) is 2.89. The minimum absolute atomic E-state index is 1.18. The summed E-state index contributed by atoms with van der Waals surface area (Å²) in [6, 6.07) is 19.6. The molecular formula is C22H36. The fraction of sp³-hybridized carbons (Fsp3) is 0.455. The molecule has 2 aromatic rings. The van der Waals surface area contributed by atoms with Crippen LogP contribution in [-0.4, -0.2) is 0 Å². The Hall–Kier alpha value is -1.56. The van der Waals surface area contributed by atoms with Gasteiger partial charge in [0.1, 0.15) is 0 Å². The monoisotopic (exact) mass is 300 g/mol. The maximum atomic E-state index is 2.24. The third-order valence-electron chi connectivity index (χ3n) is 2.89. The molecule has 0 aliphatic rings. The molecule has 0 aromatic heterocycles. The van der Waals surface area contributed by atoms with Crippen molar-refractivity contribution < 1.29 is 0 Å². The van der Waals surface area contributed by atoms with Crippen LogP contribution in [0.2, 0.25) is 0 Å². The molecule has 0 aliphatic heterocycles. The topological polar surface area (TPSA) is 0 Å². The minimum Gasteiger partial charge on any atom is -0.0683 e. The predicted octanol–water partition coefficient (Wildman–Crippen LogP) is 7.25. The molecule has 0 heteroatoms. The highest BCUT2D eigenvalue weighted by atomic mass is 14.0. The highest BCUT2D eigenvalue weighted by molar-refractivity contribution is 5.21. The molecule has 0 atom stereocenters. The van der Waals surface area contributed by atoms with Crippen LogP contribution in [0.3, 0.4) is 0 Å². The molecule has 0 spiro atoms. The Labute approximate surface area is 139 Å². The normalized spacial score (nSPS) is 8.32. The van der Waals surface area contributed by atoms with Crippen molar-refractivity contribution in [3.8, 4) is 0 Å². The Balaban J connectivity index is 0. The average molecular weight is 301 g/mol. The van der Waals surface area contributed by atoms with Crippen LogP contribution < -0.4 is 0 Å². The van der Waals surface area contributed by atoms with E-state index in [1.165, 1.54) is 36.0 Å². The molecule has 0 nitrogen and oxygen atoms in total. The van der Waals surface area contributed by atoms with Crippen molar-refractivity contribution in [1.29, 1.82) is 0 Å². The predicted molar refractivity (Wildman–Crippen MR) is 104 cm³/mol. The van der Waals surface area contributed by atoms with E-state index in [0.717, 1.165) is 0 Å². The van der Waals surface area contributed by atoms with Crippen molar-refractivity contribution in [2.75, 3.05) is 0 Å². The quantitative estimate of drug-likeness (QED) is 0.558. The Morgan fingerprint density at radius 2 is 0.955 bits per heavy atom. The molecular weight excluding hydrogens is 264 g/mol. The standard InChI is InChI=1S/C16H18.3C2H6/c1-14-10-12-16(13-11-14)9-5-8-15-6-3-2-4-7-15;3*1-2/h2-4,6-7,10-13H,5,8-9H2,1H3;3*1-2H3. The molecule has 22 heavy (non-hydrogen) atoms. The first kappa shape index (κ1) is 22.7. The van der Waals surface area contributed by atoms with Crippen LogP contribution in [0.4, 0.5) is 0 Å². The molecule has 0 unspecified atom stereocenters. The number of hydrogen-bond acceptors (Lipinski definition) is 0. The number of benzene rings is 2. The van der Waals surface area contributed by atoms with E-state index in [4.69, 9.17) is 0 Å². The highest BCUT2D eigenvalue weighted by Crippen LogP contribution is 2.09. The number of rotatable bonds is 4. The highest BCUT2D eigenvalue weighted by Gasteiger charge is 1.94. The van der Waals surface area contributed by atoms with E-state index in [1.54, 1.807) is 0 Å². The summed E-state index contributed by atoms with van der Waals surface area (Å²) < 4.78 is 0. The van der Waals surface area contributed by atoms with E-state index < -0.39 is 0 Å². The molecule has 0 saturated carbocycles. The Bertz CT molecular complexity index is 412. The second-order valence-corrected chi connectivity index (χ2v) is 4.32. The van der Waals surface area contributed by atoms with Crippen molar-refractivity contribution >= 4 is 0 Å². The van der Waals surface area contributed by atoms with Gasteiger partial charge in [0.2, 0.25) is 0 Å². The summed E-state index contributed by atoms with van der Waals surface area (Å²) in [4.78, 5) is 0. The van der Waals surface area contributed by atoms with Crippen LogP contribution in [-0.2, 0) is 12.8 Å².